The summed E-state index contributed by atoms with van der Waals surface area (Å²) in [6, 6.07) is 7.73. The van der Waals surface area contributed by atoms with Gasteiger partial charge >= 0.3 is 0 Å². The van der Waals surface area contributed by atoms with Crippen molar-refractivity contribution in [1.82, 2.24) is 20.3 Å². The number of ether oxygens (including phenoxy) is 3. The third-order valence-corrected chi connectivity index (χ3v) is 5.50. The highest BCUT2D eigenvalue weighted by Crippen LogP contribution is 2.40. The molecule has 0 spiro atoms. The Balaban J connectivity index is 1.53. The predicted molar refractivity (Wildman–Crippen MR) is 128 cm³/mol. The first-order valence-corrected chi connectivity index (χ1v) is 10.8. The number of methoxy groups -OCH3 is 3. The first-order valence-electron chi connectivity index (χ1n) is 10.4. The first-order chi connectivity index (χ1) is 15.6. The molecule has 1 fully saturated rings. The molecule has 2 aromatic heterocycles. The molecule has 32 heavy (non-hydrogen) atoms. The summed E-state index contributed by atoms with van der Waals surface area (Å²) in [6.07, 6.45) is 6.42. The Kier molecular flexibility index (Phi) is 6.69. The summed E-state index contributed by atoms with van der Waals surface area (Å²) >= 11 is 5.43. The lowest BCUT2D eigenvalue weighted by molar-refractivity contribution is 0.324. The predicted octanol–water partition coefficient (Wildman–Crippen LogP) is 4.02. The van der Waals surface area contributed by atoms with E-state index in [-0.39, 0.29) is 0 Å². The molecule has 1 saturated carbocycles. The Morgan fingerprint density at radius 2 is 1.66 bits per heavy atom. The van der Waals surface area contributed by atoms with Gasteiger partial charge in [0.2, 0.25) is 5.75 Å². The fraction of sp³-hybridized carbons (Fsp3) is 0.364. The SMILES string of the molecule is COc1cc(Nc2cnc3ccc(NC(=S)NC4CCCC4)nc3n2)cc(OC)c1OC. The van der Waals surface area contributed by atoms with Crippen molar-refractivity contribution in [2.75, 3.05) is 32.0 Å². The Morgan fingerprint density at radius 1 is 0.969 bits per heavy atom. The Labute approximate surface area is 191 Å². The van der Waals surface area contributed by atoms with E-state index in [1.807, 2.05) is 12.1 Å². The summed E-state index contributed by atoms with van der Waals surface area (Å²) in [4.78, 5) is 13.6. The average Bonchev–Trinajstić information content (AvgIpc) is 3.31. The van der Waals surface area contributed by atoms with E-state index in [0.29, 0.717) is 56.9 Å². The molecule has 9 nitrogen and oxygen atoms in total. The zero-order chi connectivity index (χ0) is 22.5. The summed E-state index contributed by atoms with van der Waals surface area (Å²) in [5.74, 6) is 2.74. The van der Waals surface area contributed by atoms with Crippen molar-refractivity contribution < 1.29 is 14.2 Å². The van der Waals surface area contributed by atoms with Crippen LogP contribution in [-0.4, -0.2) is 47.4 Å². The summed E-state index contributed by atoms with van der Waals surface area (Å²) in [5.41, 5.74) is 1.89. The molecular weight excluding hydrogens is 428 g/mol. The Hall–Kier alpha value is -3.40. The topological polar surface area (TPSA) is 102 Å². The van der Waals surface area contributed by atoms with Crippen molar-refractivity contribution >= 4 is 45.8 Å². The third kappa shape index (κ3) is 4.91. The number of aromatic nitrogens is 3. The van der Waals surface area contributed by atoms with Gasteiger partial charge in [-0.05, 0) is 37.2 Å². The summed E-state index contributed by atoms with van der Waals surface area (Å²) in [5, 5.41) is 10.3. The molecule has 0 saturated heterocycles. The van der Waals surface area contributed by atoms with Gasteiger partial charge in [-0.25, -0.2) is 15.0 Å². The van der Waals surface area contributed by atoms with Crippen molar-refractivity contribution in [2.24, 2.45) is 0 Å². The van der Waals surface area contributed by atoms with E-state index in [2.05, 4.69) is 30.9 Å². The molecule has 10 heteroatoms. The monoisotopic (exact) mass is 454 g/mol. The molecule has 4 rings (SSSR count). The molecule has 1 aliphatic rings. The number of fused-ring (bicyclic) bond motifs is 1. The molecule has 0 radical (unpaired) electrons. The van der Waals surface area contributed by atoms with Crippen LogP contribution in [0.1, 0.15) is 25.7 Å². The van der Waals surface area contributed by atoms with Crippen molar-refractivity contribution in [3.63, 3.8) is 0 Å². The molecular formula is C22H26N6O3S. The van der Waals surface area contributed by atoms with Crippen molar-refractivity contribution in [3.05, 3.63) is 30.5 Å². The second-order valence-corrected chi connectivity index (χ2v) is 7.82. The van der Waals surface area contributed by atoms with Crippen LogP contribution in [0.4, 0.5) is 17.3 Å². The summed E-state index contributed by atoms with van der Waals surface area (Å²) in [6.45, 7) is 0. The van der Waals surface area contributed by atoms with Crippen LogP contribution in [0.15, 0.2) is 30.5 Å². The van der Waals surface area contributed by atoms with Gasteiger partial charge in [0.15, 0.2) is 28.1 Å². The van der Waals surface area contributed by atoms with Gasteiger partial charge in [0.05, 0.1) is 27.5 Å². The molecule has 0 atom stereocenters. The van der Waals surface area contributed by atoms with E-state index in [1.165, 1.54) is 12.8 Å². The van der Waals surface area contributed by atoms with Crippen LogP contribution in [0, 0.1) is 0 Å². The minimum atomic E-state index is 0.435. The van der Waals surface area contributed by atoms with Gasteiger partial charge < -0.3 is 30.2 Å². The average molecular weight is 455 g/mol. The smallest absolute Gasteiger partial charge is 0.203 e. The van der Waals surface area contributed by atoms with E-state index in [9.17, 15) is 0 Å². The van der Waals surface area contributed by atoms with E-state index in [1.54, 1.807) is 39.7 Å². The second-order valence-electron chi connectivity index (χ2n) is 7.41. The zero-order valence-corrected chi connectivity index (χ0v) is 19.1. The van der Waals surface area contributed by atoms with Gasteiger partial charge in [-0.15, -0.1) is 0 Å². The van der Waals surface area contributed by atoms with E-state index >= 15 is 0 Å². The number of hydrogen-bond acceptors (Lipinski definition) is 8. The van der Waals surface area contributed by atoms with Gasteiger partial charge in [-0.2, -0.15) is 0 Å². The Bertz CT molecular complexity index is 1100. The van der Waals surface area contributed by atoms with Gasteiger partial charge in [-0.3, -0.25) is 0 Å². The highest BCUT2D eigenvalue weighted by molar-refractivity contribution is 7.80. The number of anilines is 3. The number of rotatable bonds is 7. The maximum absolute atomic E-state index is 5.43. The molecule has 0 unspecified atom stereocenters. The highest BCUT2D eigenvalue weighted by Gasteiger charge is 2.16. The van der Waals surface area contributed by atoms with Crippen LogP contribution in [0.5, 0.6) is 17.2 Å². The maximum Gasteiger partial charge on any atom is 0.203 e. The molecule has 3 N–H and O–H groups in total. The molecule has 1 aliphatic carbocycles. The zero-order valence-electron chi connectivity index (χ0n) is 18.3. The standard InChI is InChI=1S/C22H26N6O3S/c1-29-16-10-14(11-17(30-2)20(16)31-3)24-19-12-23-15-8-9-18(26-21(15)27-19)28-22(32)25-13-6-4-5-7-13/h8-13H,4-7H2,1-3H3,(H3,24,25,26,27,28,32). The number of nitrogens with zero attached hydrogens (tertiary/aromatic N) is 3. The van der Waals surface area contributed by atoms with Gasteiger partial charge in [0.25, 0.3) is 0 Å². The first kappa shape index (κ1) is 21.8. The Morgan fingerprint density at radius 3 is 2.31 bits per heavy atom. The number of pyridine rings is 1. The van der Waals surface area contributed by atoms with Crippen LogP contribution < -0.4 is 30.2 Å². The lowest BCUT2D eigenvalue weighted by Crippen LogP contribution is -2.36. The fourth-order valence-corrected chi connectivity index (χ4v) is 4.01. The van der Waals surface area contributed by atoms with E-state index < -0.39 is 0 Å². The number of thiocarbonyl (C=S) groups is 1. The fourth-order valence-electron chi connectivity index (χ4n) is 3.74. The maximum atomic E-state index is 5.43. The molecule has 2 heterocycles. The number of hydrogen-bond donors (Lipinski definition) is 3. The quantitative estimate of drug-likeness (QED) is 0.454. The second kappa shape index (κ2) is 9.82. The highest BCUT2D eigenvalue weighted by atomic mass is 32.1. The van der Waals surface area contributed by atoms with Crippen molar-refractivity contribution in [1.29, 1.82) is 0 Å². The van der Waals surface area contributed by atoms with E-state index in [0.717, 1.165) is 12.8 Å². The number of nitrogens with one attached hydrogen (secondary N) is 3. The third-order valence-electron chi connectivity index (χ3n) is 5.28. The lowest BCUT2D eigenvalue weighted by Gasteiger charge is -2.15. The van der Waals surface area contributed by atoms with Crippen LogP contribution in [0.25, 0.3) is 11.2 Å². The number of benzene rings is 1. The van der Waals surface area contributed by atoms with Gasteiger partial charge in [0.1, 0.15) is 11.3 Å². The van der Waals surface area contributed by atoms with Gasteiger partial charge in [0, 0.05) is 23.9 Å². The minimum Gasteiger partial charge on any atom is -0.493 e. The molecule has 3 aromatic rings. The largest absolute Gasteiger partial charge is 0.493 e. The normalized spacial score (nSPS) is 13.6. The molecule has 0 amide bonds. The molecule has 0 bridgehead atoms. The molecule has 168 valence electrons. The van der Waals surface area contributed by atoms with Crippen LogP contribution in [0.2, 0.25) is 0 Å². The van der Waals surface area contributed by atoms with Crippen LogP contribution >= 0.6 is 12.2 Å². The van der Waals surface area contributed by atoms with Crippen LogP contribution in [-0.2, 0) is 0 Å². The summed E-state index contributed by atoms with van der Waals surface area (Å²) < 4.78 is 16.2. The minimum absolute atomic E-state index is 0.435. The van der Waals surface area contributed by atoms with E-state index in [4.69, 9.17) is 26.4 Å². The lowest BCUT2D eigenvalue weighted by atomic mass is 10.2. The molecule has 1 aromatic carbocycles. The van der Waals surface area contributed by atoms with Crippen molar-refractivity contribution in [3.8, 4) is 17.2 Å². The summed E-state index contributed by atoms with van der Waals surface area (Å²) in [7, 11) is 4.71. The van der Waals surface area contributed by atoms with Crippen LogP contribution in [0.3, 0.4) is 0 Å². The van der Waals surface area contributed by atoms with Crippen molar-refractivity contribution in [2.45, 2.75) is 31.7 Å². The molecule has 0 aliphatic heterocycles. The van der Waals surface area contributed by atoms with Gasteiger partial charge in [-0.1, -0.05) is 12.8 Å².